The highest BCUT2D eigenvalue weighted by Crippen LogP contribution is 2.37. The summed E-state index contributed by atoms with van der Waals surface area (Å²) >= 11 is 0. The quantitative estimate of drug-likeness (QED) is 0.836. The maximum Gasteiger partial charge on any atom is 0.292 e. The highest BCUT2D eigenvalue weighted by Gasteiger charge is 2.44. The molecule has 1 atom stereocenters. The summed E-state index contributed by atoms with van der Waals surface area (Å²) in [5, 5.41) is 3.79. The van der Waals surface area contributed by atoms with Gasteiger partial charge in [0.15, 0.2) is 0 Å². The fraction of sp³-hybridized carbons (Fsp3) is 0.526. The van der Waals surface area contributed by atoms with Crippen LogP contribution in [0.3, 0.4) is 0 Å². The molecule has 26 heavy (non-hydrogen) atoms. The van der Waals surface area contributed by atoms with Gasteiger partial charge in [0.2, 0.25) is 5.76 Å². The van der Waals surface area contributed by atoms with Crippen molar-refractivity contribution in [3.8, 4) is 0 Å². The van der Waals surface area contributed by atoms with Crippen LogP contribution >= 0.6 is 0 Å². The van der Waals surface area contributed by atoms with Crippen LogP contribution in [0.2, 0.25) is 0 Å². The summed E-state index contributed by atoms with van der Waals surface area (Å²) in [5.41, 5.74) is 1.61. The largest absolute Gasteiger partial charge is 0.372 e. The standard InChI is InChI=1S/C19H23N3O4/c1-14-9-17(26-21-14)18(23)22-7-4-19(5-8-22)10-16(13-25-19)24-12-15-3-2-6-20-11-15/h2-3,6,9,11,16H,4-5,7-8,10,12-13H2,1H3. The summed E-state index contributed by atoms with van der Waals surface area (Å²) < 4.78 is 17.2. The number of carbonyl (C=O) groups is 1. The highest BCUT2D eigenvalue weighted by atomic mass is 16.6. The van der Waals surface area contributed by atoms with Gasteiger partial charge in [0.1, 0.15) is 0 Å². The molecule has 2 aromatic rings. The lowest BCUT2D eigenvalue weighted by atomic mass is 9.88. The number of piperidine rings is 1. The molecular weight excluding hydrogens is 334 g/mol. The zero-order valence-electron chi connectivity index (χ0n) is 14.9. The first-order valence-corrected chi connectivity index (χ1v) is 9.01. The molecule has 1 spiro atoms. The zero-order valence-corrected chi connectivity index (χ0v) is 14.9. The maximum absolute atomic E-state index is 12.5. The van der Waals surface area contributed by atoms with E-state index in [-0.39, 0.29) is 17.6 Å². The summed E-state index contributed by atoms with van der Waals surface area (Å²) in [4.78, 5) is 18.4. The van der Waals surface area contributed by atoms with Crippen LogP contribution in [-0.2, 0) is 16.1 Å². The number of aryl methyl sites for hydroxylation is 1. The van der Waals surface area contributed by atoms with E-state index in [2.05, 4.69) is 10.1 Å². The Morgan fingerprint density at radius 2 is 2.27 bits per heavy atom. The van der Waals surface area contributed by atoms with Crippen LogP contribution < -0.4 is 0 Å². The van der Waals surface area contributed by atoms with Crippen molar-refractivity contribution in [3.63, 3.8) is 0 Å². The molecule has 1 amide bonds. The molecule has 0 aliphatic carbocycles. The fourth-order valence-corrected chi connectivity index (χ4v) is 3.69. The normalized spacial score (nSPS) is 22.0. The first kappa shape index (κ1) is 17.2. The molecule has 0 saturated carbocycles. The summed E-state index contributed by atoms with van der Waals surface area (Å²) in [6, 6.07) is 5.60. The van der Waals surface area contributed by atoms with Crippen LogP contribution in [0.5, 0.6) is 0 Å². The molecule has 2 saturated heterocycles. The molecule has 0 bridgehead atoms. The minimum Gasteiger partial charge on any atom is -0.372 e. The number of nitrogens with zero attached hydrogens (tertiary/aromatic N) is 3. The number of hydrogen-bond donors (Lipinski definition) is 0. The van der Waals surface area contributed by atoms with Gasteiger partial charge >= 0.3 is 0 Å². The molecule has 7 nitrogen and oxygen atoms in total. The SMILES string of the molecule is Cc1cc(C(=O)N2CCC3(CC2)CC(OCc2cccnc2)CO3)on1. The van der Waals surface area contributed by atoms with Crippen LogP contribution in [0.15, 0.2) is 35.1 Å². The zero-order chi connectivity index (χ0) is 18.0. The number of pyridine rings is 1. The second-order valence-corrected chi connectivity index (χ2v) is 7.12. The van der Waals surface area contributed by atoms with Crippen molar-refractivity contribution >= 4 is 5.91 Å². The summed E-state index contributed by atoms with van der Waals surface area (Å²) in [5.74, 6) is 0.214. The van der Waals surface area contributed by atoms with E-state index in [9.17, 15) is 4.79 Å². The van der Waals surface area contributed by atoms with Crippen molar-refractivity contribution in [2.45, 2.75) is 44.5 Å². The van der Waals surface area contributed by atoms with Gasteiger partial charge in [0.25, 0.3) is 5.91 Å². The minimum atomic E-state index is -0.173. The molecule has 4 rings (SSSR count). The van der Waals surface area contributed by atoms with Crippen LogP contribution in [0.25, 0.3) is 0 Å². The third kappa shape index (κ3) is 3.64. The Morgan fingerprint density at radius 1 is 1.42 bits per heavy atom. The number of likely N-dealkylation sites (tertiary alicyclic amines) is 1. The fourth-order valence-electron chi connectivity index (χ4n) is 3.69. The van der Waals surface area contributed by atoms with E-state index in [1.165, 1.54) is 0 Å². The Labute approximate surface area is 152 Å². The molecule has 0 N–H and O–H groups in total. The van der Waals surface area contributed by atoms with Gasteiger partial charge < -0.3 is 18.9 Å². The highest BCUT2D eigenvalue weighted by molar-refractivity contribution is 5.91. The predicted octanol–water partition coefficient (Wildman–Crippen LogP) is 2.36. The second kappa shape index (κ2) is 7.17. The second-order valence-electron chi connectivity index (χ2n) is 7.12. The smallest absolute Gasteiger partial charge is 0.292 e. The number of amides is 1. The van der Waals surface area contributed by atoms with E-state index in [4.69, 9.17) is 14.0 Å². The van der Waals surface area contributed by atoms with Crippen LogP contribution in [-0.4, -0.2) is 52.3 Å². The van der Waals surface area contributed by atoms with Crippen molar-refractivity contribution in [1.29, 1.82) is 0 Å². The molecule has 2 aliphatic heterocycles. The average molecular weight is 357 g/mol. The third-order valence-corrected chi connectivity index (χ3v) is 5.18. The van der Waals surface area contributed by atoms with Gasteiger partial charge in [-0.1, -0.05) is 11.2 Å². The number of rotatable bonds is 4. The molecule has 7 heteroatoms. The Hall–Kier alpha value is -2.25. The molecule has 0 radical (unpaired) electrons. The Morgan fingerprint density at radius 3 is 2.96 bits per heavy atom. The van der Waals surface area contributed by atoms with Crippen molar-refractivity contribution in [2.24, 2.45) is 0 Å². The van der Waals surface area contributed by atoms with Gasteiger partial charge in [-0.2, -0.15) is 0 Å². The lowest BCUT2D eigenvalue weighted by Crippen LogP contribution is -2.46. The molecule has 1 unspecified atom stereocenters. The van der Waals surface area contributed by atoms with Crippen LogP contribution in [0.4, 0.5) is 0 Å². The van der Waals surface area contributed by atoms with Crippen molar-refractivity contribution in [3.05, 3.63) is 47.6 Å². The Balaban J connectivity index is 1.28. The van der Waals surface area contributed by atoms with Crippen molar-refractivity contribution in [1.82, 2.24) is 15.0 Å². The molecule has 0 aromatic carbocycles. The molecule has 4 heterocycles. The lowest BCUT2D eigenvalue weighted by molar-refractivity contribution is -0.0417. The van der Waals surface area contributed by atoms with Crippen LogP contribution in [0, 0.1) is 6.92 Å². The van der Waals surface area contributed by atoms with Gasteiger partial charge in [-0.05, 0) is 31.4 Å². The summed E-state index contributed by atoms with van der Waals surface area (Å²) in [6.45, 7) is 4.29. The van der Waals surface area contributed by atoms with E-state index in [1.54, 1.807) is 12.3 Å². The van der Waals surface area contributed by atoms with Gasteiger partial charge in [-0.15, -0.1) is 0 Å². The minimum absolute atomic E-state index is 0.0920. The number of hydrogen-bond acceptors (Lipinski definition) is 6. The van der Waals surface area contributed by atoms with Gasteiger partial charge in [-0.25, -0.2) is 0 Å². The topological polar surface area (TPSA) is 77.7 Å². The summed E-state index contributed by atoms with van der Waals surface area (Å²) in [7, 11) is 0. The van der Waals surface area contributed by atoms with Gasteiger partial charge in [-0.3, -0.25) is 9.78 Å². The maximum atomic E-state index is 12.5. The van der Waals surface area contributed by atoms with Crippen LogP contribution in [0.1, 0.15) is 41.1 Å². The van der Waals surface area contributed by atoms with E-state index in [0.29, 0.717) is 32.1 Å². The molecule has 2 fully saturated rings. The third-order valence-electron chi connectivity index (χ3n) is 5.18. The Bertz CT molecular complexity index is 753. The predicted molar refractivity (Wildman–Crippen MR) is 92.5 cm³/mol. The monoisotopic (exact) mass is 357 g/mol. The van der Waals surface area contributed by atoms with Gasteiger partial charge in [0.05, 0.1) is 30.6 Å². The molecule has 2 aromatic heterocycles. The van der Waals surface area contributed by atoms with Crippen molar-refractivity contribution < 1.29 is 18.8 Å². The van der Waals surface area contributed by atoms with Crippen molar-refractivity contribution in [2.75, 3.05) is 19.7 Å². The summed E-state index contributed by atoms with van der Waals surface area (Å²) in [6.07, 6.45) is 6.18. The molecular formula is C19H23N3O4. The first-order chi connectivity index (χ1) is 12.6. The van der Waals surface area contributed by atoms with E-state index >= 15 is 0 Å². The number of carbonyl (C=O) groups excluding carboxylic acids is 1. The number of aromatic nitrogens is 2. The lowest BCUT2D eigenvalue weighted by Gasteiger charge is -2.38. The molecule has 138 valence electrons. The average Bonchev–Trinajstić information content (AvgIpc) is 3.28. The Kier molecular flexibility index (Phi) is 4.74. The molecule has 2 aliphatic rings. The van der Waals surface area contributed by atoms with Gasteiger partial charge in [0, 0.05) is 38.0 Å². The first-order valence-electron chi connectivity index (χ1n) is 9.01. The van der Waals surface area contributed by atoms with E-state index < -0.39 is 0 Å². The van der Waals surface area contributed by atoms with E-state index in [0.717, 1.165) is 30.5 Å². The van der Waals surface area contributed by atoms with E-state index in [1.807, 2.05) is 30.2 Å². The number of ether oxygens (including phenoxy) is 2.